The van der Waals surface area contributed by atoms with Crippen LogP contribution in [0.5, 0.6) is 0 Å². The maximum Gasteiger partial charge on any atom is 0.251 e. The second-order valence-corrected chi connectivity index (χ2v) is 7.49. The van der Waals surface area contributed by atoms with E-state index in [9.17, 15) is 13.2 Å². The molecule has 5 nitrogen and oxygen atoms in total. The first-order valence-electron chi connectivity index (χ1n) is 6.59. The van der Waals surface area contributed by atoms with Crippen molar-refractivity contribution < 1.29 is 13.2 Å². The third kappa shape index (κ3) is 4.10. The lowest BCUT2D eigenvalue weighted by atomic mass is 10.1. The molecule has 0 atom stereocenters. The second-order valence-electron chi connectivity index (χ2n) is 5.18. The van der Waals surface area contributed by atoms with E-state index in [1.54, 1.807) is 0 Å². The van der Waals surface area contributed by atoms with E-state index in [4.69, 9.17) is 28.3 Å². The number of carbonyl (C=O) groups excluding carboxylic acids is 1. The van der Waals surface area contributed by atoms with Crippen LogP contribution < -0.4 is 10.5 Å². The molecular formula is C13H16Cl2N2O3S. The van der Waals surface area contributed by atoms with Crippen molar-refractivity contribution in [3.63, 3.8) is 0 Å². The maximum absolute atomic E-state index is 12.1. The van der Waals surface area contributed by atoms with Gasteiger partial charge in [0.15, 0.2) is 0 Å². The van der Waals surface area contributed by atoms with Crippen LogP contribution in [0.2, 0.25) is 10.0 Å². The molecule has 0 radical (unpaired) electrons. The smallest absolute Gasteiger partial charge is 0.251 e. The van der Waals surface area contributed by atoms with E-state index in [0.717, 1.165) is 18.9 Å². The molecule has 1 aliphatic carbocycles. The van der Waals surface area contributed by atoms with Gasteiger partial charge >= 0.3 is 0 Å². The molecule has 1 fully saturated rings. The monoisotopic (exact) mass is 350 g/mol. The lowest BCUT2D eigenvalue weighted by Gasteiger charge is -2.12. The zero-order valence-corrected chi connectivity index (χ0v) is 13.6. The number of primary sulfonamides is 1. The van der Waals surface area contributed by atoms with E-state index in [2.05, 4.69) is 5.32 Å². The van der Waals surface area contributed by atoms with E-state index in [1.807, 2.05) is 0 Å². The number of sulfonamides is 1. The molecular weight excluding hydrogens is 335 g/mol. The normalized spacial score (nSPS) is 16.1. The van der Waals surface area contributed by atoms with E-state index < -0.39 is 10.0 Å². The Kier molecular flexibility index (Phi) is 5.14. The van der Waals surface area contributed by atoms with Gasteiger partial charge in [0.05, 0.1) is 10.0 Å². The average Bonchev–Trinajstić information content (AvgIpc) is 2.90. The standard InChI is InChI=1S/C13H16Cl2N2O3S/c14-10-5-9(6-11(12(10)15)21(16,19)20)13(18)17-7-8-3-1-2-4-8/h5-6,8H,1-4,7H2,(H,17,18)(H2,16,19,20). The average molecular weight is 351 g/mol. The van der Waals surface area contributed by atoms with Crippen LogP contribution in [-0.4, -0.2) is 20.9 Å². The molecule has 1 saturated carbocycles. The summed E-state index contributed by atoms with van der Waals surface area (Å²) < 4.78 is 22.9. The first kappa shape index (κ1) is 16.5. The summed E-state index contributed by atoms with van der Waals surface area (Å²) in [5.41, 5.74) is 0.131. The van der Waals surface area contributed by atoms with Crippen molar-refractivity contribution >= 4 is 39.1 Å². The van der Waals surface area contributed by atoms with E-state index in [-0.39, 0.29) is 26.4 Å². The lowest BCUT2D eigenvalue weighted by Crippen LogP contribution is -2.28. The Morgan fingerprint density at radius 3 is 2.48 bits per heavy atom. The molecule has 21 heavy (non-hydrogen) atoms. The van der Waals surface area contributed by atoms with Crippen molar-refractivity contribution in [2.45, 2.75) is 30.6 Å². The Bertz CT molecular complexity index is 656. The number of benzene rings is 1. The van der Waals surface area contributed by atoms with Gasteiger partial charge in [-0.15, -0.1) is 0 Å². The van der Waals surface area contributed by atoms with Crippen LogP contribution in [0.4, 0.5) is 0 Å². The minimum absolute atomic E-state index is 0.0193. The summed E-state index contributed by atoms with van der Waals surface area (Å²) in [6.07, 6.45) is 4.57. The van der Waals surface area contributed by atoms with Crippen LogP contribution in [-0.2, 0) is 10.0 Å². The van der Waals surface area contributed by atoms with Gasteiger partial charge in [-0.2, -0.15) is 0 Å². The van der Waals surface area contributed by atoms with Gasteiger partial charge in [0.1, 0.15) is 4.90 Å². The summed E-state index contributed by atoms with van der Waals surface area (Å²) in [5.74, 6) is 0.0970. The molecule has 1 aliphatic rings. The van der Waals surface area contributed by atoms with Crippen LogP contribution in [0, 0.1) is 5.92 Å². The Balaban J connectivity index is 2.19. The molecule has 0 heterocycles. The minimum Gasteiger partial charge on any atom is -0.352 e. The van der Waals surface area contributed by atoms with Gasteiger partial charge in [0.2, 0.25) is 10.0 Å². The number of hydrogen-bond donors (Lipinski definition) is 2. The summed E-state index contributed by atoms with van der Waals surface area (Å²) in [5, 5.41) is 7.66. The fourth-order valence-electron chi connectivity index (χ4n) is 2.46. The number of carbonyl (C=O) groups is 1. The minimum atomic E-state index is -4.04. The summed E-state index contributed by atoms with van der Waals surface area (Å²) in [6, 6.07) is 2.48. The van der Waals surface area contributed by atoms with Crippen molar-refractivity contribution in [1.82, 2.24) is 5.32 Å². The van der Waals surface area contributed by atoms with Crippen LogP contribution in [0.3, 0.4) is 0 Å². The molecule has 0 aliphatic heterocycles. The molecule has 116 valence electrons. The number of nitrogens with two attached hydrogens (primary N) is 1. The second kappa shape index (κ2) is 6.52. The third-order valence-corrected chi connectivity index (χ3v) is 5.44. The van der Waals surface area contributed by atoms with Crippen molar-refractivity contribution in [2.24, 2.45) is 11.1 Å². The zero-order valence-electron chi connectivity index (χ0n) is 11.2. The van der Waals surface area contributed by atoms with Crippen molar-refractivity contribution in [3.05, 3.63) is 27.7 Å². The molecule has 3 N–H and O–H groups in total. The molecule has 0 unspecified atom stereocenters. The SMILES string of the molecule is NS(=O)(=O)c1cc(C(=O)NCC2CCCC2)cc(Cl)c1Cl. The van der Waals surface area contributed by atoms with Crippen LogP contribution >= 0.6 is 23.2 Å². The highest BCUT2D eigenvalue weighted by Gasteiger charge is 2.21. The van der Waals surface area contributed by atoms with Crippen molar-refractivity contribution in [3.8, 4) is 0 Å². The summed E-state index contributed by atoms with van der Waals surface area (Å²) in [4.78, 5) is 11.8. The molecule has 0 bridgehead atoms. The van der Waals surface area contributed by atoms with Gasteiger partial charge in [-0.1, -0.05) is 36.0 Å². The molecule has 2 rings (SSSR count). The van der Waals surface area contributed by atoms with E-state index in [1.165, 1.54) is 18.9 Å². The molecule has 8 heteroatoms. The quantitative estimate of drug-likeness (QED) is 0.874. The highest BCUT2D eigenvalue weighted by Crippen LogP contribution is 2.30. The van der Waals surface area contributed by atoms with Crippen LogP contribution in [0.1, 0.15) is 36.0 Å². The molecule has 1 aromatic carbocycles. The first-order chi connectivity index (χ1) is 9.79. The highest BCUT2D eigenvalue weighted by atomic mass is 35.5. The number of hydrogen-bond acceptors (Lipinski definition) is 3. The Morgan fingerprint density at radius 2 is 1.90 bits per heavy atom. The van der Waals surface area contributed by atoms with Crippen LogP contribution in [0.15, 0.2) is 17.0 Å². The zero-order chi connectivity index (χ0) is 15.6. The van der Waals surface area contributed by atoms with E-state index in [0.29, 0.717) is 12.5 Å². The Morgan fingerprint density at radius 1 is 1.29 bits per heavy atom. The molecule has 1 aromatic rings. The van der Waals surface area contributed by atoms with Gasteiger partial charge in [0, 0.05) is 12.1 Å². The lowest BCUT2D eigenvalue weighted by molar-refractivity contribution is 0.0947. The molecule has 0 saturated heterocycles. The van der Waals surface area contributed by atoms with Gasteiger partial charge in [-0.25, -0.2) is 13.6 Å². The Labute approximate surface area is 133 Å². The van der Waals surface area contributed by atoms with Gasteiger partial charge in [-0.05, 0) is 30.9 Å². The predicted molar refractivity (Wildman–Crippen MR) is 82.1 cm³/mol. The maximum atomic E-state index is 12.1. The number of amides is 1. The van der Waals surface area contributed by atoms with Gasteiger partial charge in [-0.3, -0.25) is 4.79 Å². The van der Waals surface area contributed by atoms with E-state index >= 15 is 0 Å². The highest BCUT2D eigenvalue weighted by molar-refractivity contribution is 7.89. The van der Waals surface area contributed by atoms with Crippen LogP contribution in [0.25, 0.3) is 0 Å². The predicted octanol–water partition coefficient (Wildman–Crippen LogP) is 2.56. The molecule has 0 spiro atoms. The topological polar surface area (TPSA) is 89.3 Å². The number of nitrogens with one attached hydrogen (secondary N) is 1. The largest absolute Gasteiger partial charge is 0.352 e. The van der Waals surface area contributed by atoms with Crippen molar-refractivity contribution in [2.75, 3.05) is 6.54 Å². The molecule has 0 aromatic heterocycles. The summed E-state index contributed by atoms with van der Waals surface area (Å²) in [6.45, 7) is 0.573. The summed E-state index contributed by atoms with van der Waals surface area (Å²) >= 11 is 11.7. The van der Waals surface area contributed by atoms with Crippen molar-refractivity contribution in [1.29, 1.82) is 0 Å². The summed E-state index contributed by atoms with van der Waals surface area (Å²) in [7, 11) is -4.04. The number of halogens is 2. The van der Waals surface area contributed by atoms with Gasteiger partial charge in [0.25, 0.3) is 5.91 Å². The van der Waals surface area contributed by atoms with Gasteiger partial charge < -0.3 is 5.32 Å². The first-order valence-corrected chi connectivity index (χ1v) is 8.89. The fourth-order valence-corrected chi connectivity index (χ4v) is 3.81. The fraction of sp³-hybridized carbons (Fsp3) is 0.462. The Hall–Kier alpha value is -0.820. The molecule has 1 amide bonds. The third-order valence-electron chi connectivity index (χ3n) is 3.59. The number of rotatable bonds is 4.